The second kappa shape index (κ2) is 8.44. The number of hydrogen-bond acceptors (Lipinski definition) is 7. The van der Waals surface area contributed by atoms with Crippen LogP contribution in [0.2, 0.25) is 0 Å². The van der Waals surface area contributed by atoms with Crippen LogP contribution in [-0.2, 0) is 24.1 Å². The van der Waals surface area contributed by atoms with Crippen molar-refractivity contribution < 1.29 is 4.74 Å². The summed E-state index contributed by atoms with van der Waals surface area (Å²) in [6.45, 7) is 3.32. The third kappa shape index (κ3) is 4.37. The third-order valence-corrected chi connectivity index (χ3v) is 5.96. The van der Waals surface area contributed by atoms with Gasteiger partial charge >= 0.3 is 0 Å². The summed E-state index contributed by atoms with van der Waals surface area (Å²) in [4.78, 5) is 8.18. The van der Waals surface area contributed by atoms with Crippen LogP contribution in [-0.4, -0.2) is 58.8 Å². The van der Waals surface area contributed by atoms with Gasteiger partial charge in [0.1, 0.15) is 5.01 Å². The van der Waals surface area contributed by atoms with Gasteiger partial charge in [0.15, 0.2) is 0 Å². The average molecular weight is 368 g/mol. The Bertz CT molecular complexity index is 644. The molecule has 0 amide bonds. The monoisotopic (exact) mass is 367 g/mol. The molecule has 3 heterocycles. The number of likely N-dealkylation sites (N-methyl/N-ethyl adjacent to an activating group) is 1. The van der Waals surface area contributed by atoms with Crippen molar-refractivity contribution >= 4 is 23.1 Å². The minimum absolute atomic E-state index is 0.124. The summed E-state index contributed by atoms with van der Waals surface area (Å²) < 4.78 is 7.90. The van der Waals surface area contributed by atoms with Crippen LogP contribution in [0.1, 0.15) is 21.5 Å². The zero-order valence-corrected chi connectivity index (χ0v) is 16.1. The van der Waals surface area contributed by atoms with E-state index in [4.69, 9.17) is 4.74 Å². The van der Waals surface area contributed by atoms with Crippen LogP contribution in [0.3, 0.4) is 0 Å². The lowest BCUT2D eigenvalue weighted by atomic mass is 10.0. The fraction of sp³-hybridized carbons (Fsp3) is 0.625. The minimum atomic E-state index is 0.124. The van der Waals surface area contributed by atoms with Gasteiger partial charge in [-0.05, 0) is 13.3 Å². The zero-order chi connectivity index (χ0) is 16.9. The van der Waals surface area contributed by atoms with Crippen LogP contribution in [0.5, 0.6) is 0 Å². The van der Waals surface area contributed by atoms with Gasteiger partial charge in [-0.2, -0.15) is 16.9 Å². The molecule has 0 aromatic carbocycles. The molecule has 1 aliphatic rings. The highest BCUT2D eigenvalue weighted by Crippen LogP contribution is 2.27. The first-order valence-electron chi connectivity index (χ1n) is 8.11. The van der Waals surface area contributed by atoms with E-state index >= 15 is 0 Å². The normalized spacial score (nSPS) is 22.1. The Kier molecular flexibility index (Phi) is 6.29. The Labute approximate surface area is 151 Å². The van der Waals surface area contributed by atoms with Crippen molar-refractivity contribution in [1.82, 2.24) is 25.0 Å². The predicted octanol–water partition coefficient (Wildman–Crippen LogP) is 1.90. The molecule has 1 fully saturated rings. The number of aromatic nitrogens is 3. The van der Waals surface area contributed by atoms with Crippen LogP contribution in [0.25, 0.3) is 0 Å². The van der Waals surface area contributed by atoms with E-state index in [0.29, 0.717) is 0 Å². The summed E-state index contributed by atoms with van der Waals surface area (Å²) >= 11 is 3.62. The number of morpholine rings is 1. The summed E-state index contributed by atoms with van der Waals surface area (Å²) in [6.07, 6.45) is 8.25. The van der Waals surface area contributed by atoms with Crippen molar-refractivity contribution in [3.63, 3.8) is 0 Å². The number of aryl methyl sites for hydroxylation is 1. The predicted molar refractivity (Wildman–Crippen MR) is 99.4 cm³/mol. The highest BCUT2D eigenvalue weighted by atomic mass is 32.2. The van der Waals surface area contributed by atoms with Crippen molar-refractivity contribution in [3.8, 4) is 0 Å². The highest BCUT2D eigenvalue weighted by Gasteiger charge is 2.32. The van der Waals surface area contributed by atoms with Gasteiger partial charge in [-0.1, -0.05) is 0 Å². The lowest BCUT2D eigenvalue weighted by Gasteiger charge is -2.38. The largest absolute Gasteiger partial charge is 0.374 e. The van der Waals surface area contributed by atoms with Gasteiger partial charge in [-0.15, -0.1) is 11.3 Å². The van der Waals surface area contributed by atoms with Crippen LogP contribution < -0.4 is 5.32 Å². The van der Waals surface area contributed by atoms with Crippen molar-refractivity contribution in [2.75, 3.05) is 33.0 Å². The quantitative estimate of drug-likeness (QED) is 0.807. The maximum atomic E-state index is 6.04. The molecular weight excluding hydrogens is 342 g/mol. The number of nitrogens with zero attached hydrogens (tertiary/aromatic N) is 4. The molecule has 8 heteroatoms. The molecule has 0 spiro atoms. The van der Waals surface area contributed by atoms with Crippen molar-refractivity contribution in [3.05, 3.63) is 34.0 Å². The minimum Gasteiger partial charge on any atom is -0.374 e. The number of thiazole rings is 1. The highest BCUT2D eigenvalue weighted by molar-refractivity contribution is 7.97. The van der Waals surface area contributed by atoms with E-state index < -0.39 is 0 Å². The van der Waals surface area contributed by atoms with Gasteiger partial charge in [-0.3, -0.25) is 9.58 Å². The van der Waals surface area contributed by atoms with Gasteiger partial charge in [0, 0.05) is 55.3 Å². The second-order valence-corrected chi connectivity index (χ2v) is 8.13. The molecule has 2 aromatic rings. The summed E-state index contributed by atoms with van der Waals surface area (Å²) in [7, 11) is 4.11. The number of ether oxygens (including phenoxy) is 1. The van der Waals surface area contributed by atoms with Gasteiger partial charge in [0.05, 0.1) is 24.9 Å². The van der Waals surface area contributed by atoms with Gasteiger partial charge < -0.3 is 10.1 Å². The topological polar surface area (TPSA) is 55.2 Å². The van der Waals surface area contributed by atoms with Crippen molar-refractivity contribution in [2.45, 2.75) is 24.4 Å². The van der Waals surface area contributed by atoms with Crippen LogP contribution >= 0.6 is 23.1 Å². The fourth-order valence-electron chi connectivity index (χ4n) is 3.05. The standard InChI is InChI=1S/C16H25N5OS2/c1-20-4-5-22-14(16(20)12-6-19-21(2)10-12)8-17-9-15-18-7-13(24-15)11-23-3/h6-7,10,14,16-17H,4-5,8-9,11H2,1-3H3/t14-,16-/m0/s1. The first-order valence-corrected chi connectivity index (χ1v) is 10.3. The van der Waals surface area contributed by atoms with E-state index in [9.17, 15) is 0 Å². The maximum Gasteiger partial charge on any atom is 0.107 e. The molecule has 1 N–H and O–H groups in total. The van der Waals surface area contributed by atoms with E-state index in [1.807, 2.05) is 35.9 Å². The molecule has 1 aliphatic heterocycles. The fourth-order valence-corrected chi connectivity index (χ4v) is 4.69. The third-order valence-electron chi connectivity index (χ3n) is 4.18. The molecule has 2 atom stereocenters. The molecular formula is C16H25N5OS2. The van der Waals surface area contributed by atoms with E-state index in [1.54, 1.807) is 11.3 Å². The Morgan fingerprint density at radius 2 is 2.29 bits per heavy atom. The SMILES string of the molecule is CSCc1cnc(CNC[C@@H]2OCCN(C)[C@H]2c2cnn(C)c2)s1. The van der Waals surface area contributed by atoms with Gasteiger partial charge in [-0.25, -0.2) is 4.98 Å². The van der Waals surface area contributed by atoms with Crippen molar-refractivity contribution in [1.29, 1.82) is 0 Å². The zero-order valence-electron chi connectivity index (χ0n) is 14.4. The summed E-state index contributed by atoms with van der Waals surface area (Å²) in [5.41, 5.74) is 1.21. The van der Waals surface area contributed by atoms with Crippen LogP contribution in [0.4, 0.5) is 0 Å². The Balaban J connectivity index is 1.57. The molecule has 0 unspecified atom stereocenters. The number of thioether (sulfide) groups is 1. The molecule has 0 saturated carbocycles. The lowest BCUT2D eigenvalue weighted by Crippen LogP contribution is -2.47. The summed E-state index contributed by atoms with van der Waals surface area (Å²) in [5, 5.41) is 8.97. The number of nitrogens with one attached hydrogen (secondary N) is 1. The first-order chi connectivity index (χ1) is 11.7. The molecule has 0 radical (unpaired) electrons. The molecule has 3 rings (SSSR count). The lowest BCUT2D eigenvalue weighted by molar-refractivity contribution is -0.0615. The van der Waals surface area contributed by atoms with Crippen molar-refractivity contribution in [2.24, 2.45) is 7.05 Å². The summed E-state index contributed by atoms with van der Waals surface area (Å²) in [5.74, 6) is 1.04. The molecule has 2 aromatic heterocycles. The average Bonchev–Trinajstić information content (AvgIpc) is 3.17. The Hall–Kier alpha value is -0.930. The van der Waals surface area contributed by atoms with E-state index in [-0.39, 0.29) is 12.1 Å². The first kappa shape index (κ1) is 17.9. The van der Waals surface area contributed by atoms with E-state index in [2.05, 4.69) is 39.8 Å². The molecule has 24 heavy (non-hydrogen) atoms. The van der Waals surface area contributed by atoms with Gasteiger partial charge in [0.2, 0.25) is 0 Å². The number of rotatable bonds is 7. The molecule has 132 valence electrons. The smallest absolute Gasteiger partial charge is 0.107 e. The van der Waals surface area contributed by atoms with Gasteiger partial charge in [0.25, 0.3) is 0 Å². The number of hydrogen-bond donors (Lipinski definition) is 1. The Morgan fingerprint density at radius 1 is 1.42 bits per heavy atom. The summed E-state index contributed by atoms with van der Waals surface area (Å²) in [6, 6.07) is 0.239. The van der Waals surface area contributed by atoms with E-state index in [1.165, 1.54) is 10.4 Å². The molecule has 6 nitrogen and oxygen atoms in total. The van der Waals surface area contributed by atoms with Crippen LogP contribution in [0, 0.1) is 0 Å². The molecule has 0 bridgehead atoms. The Morgan fingerprint density at radius 3 is 3.04 bits per heavy atom. The maximum absolute atomic E-state index is 6.04. The molecule has 1 saturated heterocycles. The molecule has 0 aliphatic carbocycles. The van der Waals surface area contributed by atoms with E-state index in [0.717, 1.165) is 37.0 Å². The second-order valence-electron chi connectivity index (χ2n) is 6.07. The van der Waals surface area contributed by atoms with Crippen LogP contribution in [0.15, 0.2) is 18.6 Å².